The van der Waals surface area contributed by atoms with E-state index in [4.69, 9.17) is 5.11 Å². The number of hydrogen-bond acceptors (Lipinski definition) is 3. The molecule has 0 bridgehead atoms. The Hall–Kier alpha value is -2.08. The summed E-state index contributed by atoms with van der Waals surface area (Å²) in [6.45, 7) is 0. The molecule has 0 aromatic heterocycles. The van der Waals surface area contributed by atoms with Gasteiger partial charge in [0.05, 0.1) is 11.3 Å². The van der Waals surface area contributed by atoms with Crippen molar-refractivity contribution in [1.82, 2.24) is 0 Å². The van der Waals surface area contributed by atoms with Crippen LogP contribution in [0, 0.1) is 11.6 Å². The molecule has 6 heteroatoms. The predicted molar refractivity (Wildman–Crippen MR) is 69.2 cm³/mol. The summed E-state index contributed by atoms with van der Waals surface area (Å²) in [7, 11) is 0. The van der Waals surface area contributed by atoms with Crippen LogP contribution in [0.2, 0.25) is 0 Å². The predicted octanol–water partition coefficient (Wildman–Crippen LogP) is 3.78. The van der Waals surface area contributed by atoms with Crippen molar-refractivity contribution in [1.29, 1.82) is 0 Å². The van der Waals surface area contributed by atoms with Gasteiger partial charge in [-0.25, -0.2) is 13.6 Å². The van der Waals surface area contributed by atoms with Crippen molar-refractivity contribution in [3.05, 3.63) is 59.7 Å². The van der Waals surface area contributed by atoms with Crippen LogP contribution in [0.15, 0.2) is 47.4 Å². The molecule has 0 saturated heterocycles. The summed E-state index contributed by atoms with van der Waals surface area (Å²) in [5.41, 5.74) is 0.0119. The lowest BCUT2D eigenvalue weighted by Gasteiger charge is -2.07. The zero-order chi connectivity index (χ0) is 13.8. The number of rotatable bonds is 4. The van der Waals surface area contributed by atoms with Gasteiger partial charge in [-0.05, 0) is 48.3 Å². The van der Waals surface area contributed by atoms with E-state index in [0.29, 0.717) is 4.90 Å². The van der Waals surface area contributed by atoms with Crippen molar-refractivity contribution < 1.29 is 18.7 Å². The average molecular weight is 281 g/mol. The zero-order valence-electron chi connectivity index (χ0n) is 9.56. The van der Waals surface area contributed by atoms with Gasteiger partial charge in [-0.3, -0.25) is 0 Å². The van der Waals surface area contributed by atoms with Crippen LogP contribution >= 0.6 is 11.9 Å². The molecule has 2 aromatic carbocycles. The number of anilines is 1. The fourth-order valence-corrected chi connectivity index (χ4v) is 2.08. The summed E-state index contributed by atoms with van der Waals surface area (Å²) < 4.78 is 29.1. The van der Waals surface area contributed by atoms with E-state index < -0.39 is 17.6 Å². The number of hydrogen-bond donors (Lipinski definition) is 2. The molecule has 0 radical (unpaired) electrons. The van der Waals surface area contributed by atoms with Gasteiger partial charge in [0.25, 0.3) is 0 Å². The van der Waals surface area contributed by atoms with Gasteiger partial charge >= 0.3 is 5.97 Å². The number of carboxylic acids is 1. The highest BCUT2D eigenvalue weighted by Gasteiger charge is 2.08. The molecule has 0 fully saturated rings. The maximum atomic E-state index is 13.5. The molecule has 2 aromatic rings. The first-order chi connectivity index (χ1) is 9.06. The molecule has 98 valence electrons. The van der Waals surface area contributed by atoms with Gasteiger partial charge in [0, 0.05) is 4.90 Å². The summed E-state index contributed by atoms with van der Waals surface area (Å²) in [4.78, 5) is 11.3. The standard InChI is InChI=1S/C13H9F2NO2S/c14-9-2-1-3-10(7-9)19-16-12-6-8(13(17)18)4-5-11(12)15/h1-7,16H,(H,17,18). The van der Waals surface area contributed by atoms with Gasteiger partial charge in [0.2, 0.25) is 0 Å². The molecule has 19 heavy (non-hydrogen) atoms. The Morgan fingerprint density at radius 3 is 2.63 bits per heavy atom. The van der Waals surface area contributed by atoms with E-state index in [-0.39, 0.29) is 11.3 Å². The number of halogens is 2. The molecule has 3 nitrogen and oxygen atoms in total. The van der Waals surface area contributed by atoms with E-state index in [0.717, 1.165) is 18.0 Å². The van der Waals surface area contributed by atoms with E-state index in [1.165, 1.54) is 30.3 Å². The fourth-order valence-electron chi connectivity index (χ4n) is 1.38. The molecular formula is C13H9F2NO2S. The van der Waals surface area contributed by atoms with Crippen LogP contribution in [0.4, 0.5) is 14.5 Å². The van der Waals surface area contributed by atoms with Crippen molar-refractivity contribution in [3.63, 3.8) is 0 Å². The number of aromatic carboxylic acids is 1. The second-order valence-electron chi connectivity index (χ2n) is 3.66. The summed E-state index contributed by atoms with van der Waals surface area (Å²) in [6, 6.07) is 9.20. The largest absolute Gasteiger partial charge is 0.478 e. The highest BCUT2D eigenvalue weighted by Crippen LogP contribution is 2.24. The molecule has 0 atom stereocenters. The Balaban J connectivity index is 2.15. The van der Waals surface area contributed by atoms with Crippen LogP contribution in [-0.4, -0.2) is 11.1 Å². The van der Waals surface area contributed by atoms with Gasteiger partial charge < -0.3 is 9.83 Å². The molecule has 0 spiro atoms. The highest BCUT2D eigenvalue weighted by atomic mass is 32.2. The Morgan fingerprint density at radius 2 is 1.95 bits per heavy atom. The van der Waals surface area contributed by atoms with E-state index in [1.54, 1.807) is 6.07 Å². The molecule has 0 amide bonds. The third-order valence-electron chi connectivity index (χ3n) is 2.29. The molecule has 2 N–H and O–H groups in total. The maximum Gasteiger partial charge on any atom is 0.335 e. The lowest BCUT2D eigenvalue weighted by molar-refractivity contribution is 0.0697. The Labute approximate surface area is 112 Å². The first kappa shape index (κ1) is 13.4. The topological polar surface area (TPSA) is 49.3 Å². The van der Waals surface area contributed by atoms with Crippen molar-refractivity contribution >= 4 is 23.6 Å². The van der Waals surface area contributed by atoms with Gasteiger partial charge in [0.15, 0.2) is 0 Å². The van der Waals surface area contributed by atoms with Gasteiger partial charge in [-0.15, -0.1) is 0 Å². The molecule has 0 unspecified atom stereocenters. The van der Waals surface area contributed by atoms with Crippen molar-refractivity contribution in [2.75, 3.05) is 4.72 Å². The minimum atomic E-state index is -1.14. The van der Waals surface area contributed by atoms with Crippen LogP contribution in [0.1, 0.15) is 10.4 Å². The SMILES string of the molecule is O=C(O)c1ccc(F)c(NSc2cccc(F)c2)c1. The van der Waals surface area contributed by atoms with Crippen molar-refractivity contribution in [2.24, 2.45) is 0 Å². The quantitative estimate of drug-likeness (QED) is 0.837. The van der Waals surface area contributed by atoms with E-state index in [1.807, 2.05) is 0 Å². The Bertz CT molecular complexity index is 619. The summed E-state index contributed by atoms with van der Waals surface area (Å²) in [5.74, 6) is -2.11. The van der Waals surface area contributed by atoms with Crippen LogP contribution in [0.5, 0.6) is 0 Å². The number of nitrogens with one attached hydrogen (secondary N) is 1. The van der Waals surface area contributed by atoms with E-state index in [2.05, 4.69) is 4.72 Å². The minimum Gasteiger partial charge on any atom is -0.478 e. The Kier molecular flexibility index (Phi) is 4.01. The molecule has 0 aliphatic rings. The summed E-state index contributed by atoms with van der Waals surface area (Å²) in [6.07, 6.45) is 0. The second-order valence-corrected chi connectivity index (χ2v) is 4.54. The fraction of sp³-hybridized carbons (Fsp3) is 0. The summed E-state index contributed by atoms with van der Waals surface area (Å²) in [5, 5.41) is 8.82. The molecule has 0 saturated carbocycles. The third kappa shape index (κ3) is 3.45. The first-order valence-electron chi connectivity index (χ1n) is 5.27. The molecule has 0 heterocycles. The van der Waals surface area contributed by atoms with E-state index >= 15 is 0 Å². The lowest BCUT2D eigenvalue weighted by Crippen LogP contribution is -1.99. The average Bonchev–Trinajstić information content (AvgIpc) is 2.37. The zero-order valence-corrected chi connectivity index (χ0v) is 10.4. The van der Waals surface area contributed by atoms with Gasteiger partial charge in [-0.1, -0.05) is 6.07 Å². The molecule has 2 rings (SSSR count). The van der Waals surface area contributed by atoms with Crippen LogP contribution < -0.4 is 4.72 Å². The van der Waals surface area contributed by atoms with Crippen molar-refractivity contribution in [2.45, 2.75) is 4.90 Å². The maximum absolute atomic E-state index is 13.5. The smallest absolute Gasteiger partial charge is 0.335 e. The van der Waals surface area contributed by atoms with Crippen LogP contribution in [-0.2, 0) is 0 Å². The molecule has 0 aliphatic heterocycles. The number of carbonyl (C=O) groups is 1. The minimum absolute atomic E-state index is 0.0243. The molecule has 0 aliphatic carbocycles. The number of benzene rings is 2. The van der Waals surface area contributed by atoms with Gasteiger partial charge in [0.1, 0.15) is 11.6 Å². The second kappa shape index (κ2) is 5.71. The number of carboxylic acid groups (broad SMARTS) is 1. The van der Waals surface area contributed by atoms with Crippen LogP contribution in [0.25, 0.3) is 0 Å². The monoisotopic (exact) mass is 281 g/mol. The normalized spacial score (nSPS) is 10.2. The van der Waals surface area contributed by atoms with Gasteiger partial charge in [-0.2, -0.15) is 0 Å². The van der Waals surface area contributed by atoms with E-state index in [9.17, 15) is 13.6 Å². The summed E-state index contributed by atoms with van der Waals surface area (Å²) >= 11 is 0.999. The molecular weight excluding hydrogens is 272 g/mol. The third-order valence-corrected chi connectivity index (χ3v) is 3.10. The Morgan fingerprint density at radius 1 is 1.16 bits per heavy atom. The first-order valence-corrected chi connectivity index (χ1v) is 6.09. The highest BCUT2D eigenvalue weighted by molar-refractivity contribution is 8.00. The van der Waals surface area contributed by atoms with Crippen molar-refractivity contribution in [3.8, 4) is 0 Å². The van der Waals surface area contributed by atoms with Crippen LogP contribution in [0.3, 0.4) is 0 Å². The lowest BCUT2D eigenvalue weighted by atomic mass is 10.2.